The van der Waals surface area contributed by atoms with Crippen molar-refractivity contribution in [2.45, 2.75) is 90.6 Å². The van der Waals surface area contributed by atoms with Gasteiger partial charge >= 0.3 is 19.8 Å². The number of phosphoric ester groups is 1. The molecule has 0 aromatic carbocycles. The molecule has 0 bridgehead atoms. The van der Waals surface area contributed by atoms with E-state index in [9.17, 15) is 19.0 Å². The summed E-state index contributed by atoms with van der Waals surface area (Å²) in [5.74, 6) is -0.898. The number of phosphoric acid groups is 1. The van der Waals surface area contributed by atoms with Gasteiger partial charge in [0.15, 0.2) is 6.10 Å². The molecule has 0 aliphatic heterocycles. The zero-order valence-corrected chi connectivity index (χ0v) is 19.4. The number of hydrogen-bond donors (Lipinski definition) is 2. The van der Waals surface area contributed by atoms with Gasteiger partial charge in [-0.2, -0.15) is 0 Å². The molecule has 0 aromatic rings. The molecule has 9 nitrogen and oxygen atoms in total. The molecule has 0 aliphatic carbocycles. The quantitative estimate of drug-likeness (QED) is 0.160. The maximum Gasteiger partial charge on any atom is 0.472 e. The molecule has 2 atom stereocenters. The third kappa shape index (κ3) is 17.8. The van der Waals surface area contributed by atoms with Crippen molar-refractivity contribution in [1.29, 1.82) is 0 Å². The van der Waals surface area contributed by atoms with E-state index in [1.165, 1.54) is 25.7 Å². The van der Waals surface area contributed by atoms with E-state index >= 15 is 0 Å². The van der Waals surface area contributed by atoms with E-state index in [1.807, 2.05) is 6.92 Å². The summed E-state index contributed by atoms with van der Waals surface area (Å²) >= 11 is 0. The number of rotatable bonds is 20. The van der Waals surface area contributed by atoms with Crippen molar-refractivity contribution in [1.82, 2.24) is 0 Å². The van der Waals surface area contributed by atoms with Gasteiger partial charge in [-0.05, 0) is 12.8 Å². The summed E-state index contributed by atoms with van der Waals surface area (Å²) in [4.78, 5) is 33.2. The second kappa shape index (κ2) is 18.8. The molecular formula is C20H40NO8P. The Kier molecular flexibility index (Phi) is 18.1. The van der Waals surface area contributed by atoms with E-state index in [4.69, 9.17) is 19.7 Å². The molecule has 0 rings (SSSR count). The molecule has 0 heterocycles. The lowest BCUT2D eigenvalue weighted by Gasteiger charge is -2.19. The van der Waals surface area contributed by atoms with Crippen LogP contribution in [0.25, 0.3) is 0 Å². The minimum Gasteiger partial charge on any atom is -0.462 e. The zero-order chi connectivity index (χ0) is 22.7. The van der Waals surface area contributed by atoms with E-state index < -0.39 is 32.5 Å². The molecule has 10 heteroatoms. The van der Waals surface area contributed by atoms with Crippen LogP contribution in [-0.2, 0) is 32.7 Å². The van der Waals surface area contributed by atoms with Crippen molar-refractivity contribution in [3.05, 3.63) is 0 Å². The van der Waals surface area contributed by atoms with E-state index in [-0.39, 0.29) is 32.6 Å². The lowest BCUT2D eigenvalue weighted by atomic mass is 10.1. The highest BCUT2D eigenvalue weighted by Crippen LogP contribution is 2.43. The number of nitrogens with two attached hydrogens (primary N) is 1. The summed E-state index contributed by atoms with van der Waals surface area (Å²) in [7, 11) is -4.32. The molecule has 0 saturated heterocycles. The molecule has 0 fully saturated rings. The summed E-state index contributed by atoms with van der Waals surface area (Å²) in [5, 5.41) is 0. The van der Waals surface area contributed by atoms with Crippen LogP contribution in [0.1, 0.15) is 84.5 Å². The maximum atomic E-state index is 12.1. The second-order valence-corrected chi connectivity index (χ2v) is 8.61. The van der Waals surface area contributed by atoms with Crippen molar-refractivity contribution in [3.8, 4) is 0 Å². The van der Waals surface area contributed by atoms with Crippen LogP contribution in [-0.4, -0.2) is 49.3 Å². The average molecular weight is 454 g/mol. The molecule has 0 spiro atoms. The first-order valence-corrected chi connectivity index (χ1v) is 12.5. The number of carbonyl (C=O) groups excluding carboxylic acids is 2. The van der Waals surface area contributed by atoms with Gasteiger partial charge in [0.25, 0.3) is 0 Å². The first kappa shape index (κ1) is 29.0. The minimum absolute atomic E-state index is 0.0551. The largest absolute Gasteiger partial charge is 0.472 e. The Labute approximate surface area is 180 Å². The predicted octanol–water partition coefficient (Wildman–Crippen LogP) is 3.86. The Balaban J connectivity index is 4.34. The number of carbonyl (C=O) groups is 2. The molecule has 0 aromatic heterocycles. The van der Waals surface area contributed by atoms with E-state index in [2.05, 4.69) is 11.4 Å². The fraction of sp³-hybridized carbons (Fsp3) is 0.900. The van der Waals surface area contributed by atoms with E-state index in [1.54, 1.807) is 0 Å². The van der Waals surface area contributed by atoms with Gasteiger partial charge in [-0.25, -0.2) is 4.57 Å². The topological polar surface area (TPSA) is 134 Å². The SMILES string of the molecule is CCCCCCCCCCC(=O)OC(COC(=O)CCC)COP(=O)(O)OCCN. The maximum absolute atomic E-state index is 12.1. The van der Waals surface area contributed by atoms with Crippen molar-refractivity contribution >= 4 is 19.8 Å². The van der Waals surface area contributed by atoms with Crippen LogP contribution in [0.15, 0.2) is 0 Å². The summed E-state index contributed by atoms with van der Waals surface area (Å²) in [5.41, 5.74) is 5.23. The first-order chi connectivity index (χ1) is 14.3. The van der Waals surface area contributed by atoms with Crippen LogP contribution in [0.3, 0.4) is 0 Å². The van der Waals surface area contributed by atoms with Crippen LogP contribution in [0, 0.1) is 0 Å². The summed E-state index contributed by atoms with van der Waals surface area (Å²) in [6.07, 6.45) is 8.91. The smallest absolute Gasteiger partial charge is 0.462 e. The molecular weight excluding hydrogens is 413 g/mol. The van der Waals surface area contributed by atoms with Crippen LogP contribution in [0.4, 0.5) is 0 Å². The highest BCUT2D eigenvalue weighted by molar-refractivity contribution is 7.47. The molecule has 0 aliphatic rings. The third-order valence-electron chi connectivity index (χ3n) is 4.21. The lowest BCUT2D eigenvalue weighted by molar-refractivity contribution is -0.161. The van der Waals surface area contributed by atoms with Crippen LogP contribution in [0.2, 0.25) is 0 Å². The zero-order valence-electron chi connectivity index (χ0n) is 18.5. The molecule has 0 saturated carbocycles. The molecule has 178 valence electrons. The van der Waals surface area contributed by atoms with Gasteiger partial charge in [0, 0.05) is 19.4 Å². The van der Waals surface area contributed by atoms with Crippen LogP contribution < -0.4 is 5.73 Å². The van der Waals surface area contributed by atoms with Crippen molar-refractivity contribution in [2.24, 2.45) is 5.73 Å². The summed E-state index contributed by atoms with van der Waals surface area (Å²) in [6, 6.07) is 0. The number of hydrogen-bond acceptors (Lipinski definition) is 8. The van der Waals surface area contributed by atoms with Gasteiger partial charge in [-0.15, -0.1) is 0 Å². The predicted molar refractivity (Wildman–Crippen MR) is 114 cm³/mol. The fourth-order valence-electron chi connectivity index (χ4n) is 2.61. The molecule has 0 amide bonds. The van der Waals surface area contributed by atoms with Crippen molar-refractivity contribution in [3.63, 3.8) is 0 Å². The lowest BCUT2D eigenvalue weighted by Crippen LogP contribution is -2.29. The molecule has 2 unspecified atom stereocenters. The first-order valence-electron chi connectivity index (χ1n) is 11.0. The van der Waals surface area contributed by atoms with Gasteiger partial charge in [0.05, 0.1) is 13.2 Å². The van der Waals surface area contributed by atoms with E-state index in [0.29, 0.717) is 12.8 Å². The minimum atomic E-state index is -4.32. The standard InChI is InChI=1S/C20H40NO8P/c1-3-5-6-7-8-9-10-11-13-20(23)29-18(16-26-19(22)12-4-2)17-28-30(24,25)27-15-14-21/h18H,3-17,21H2,1-2H3,(H,24,25). The van der Waals surface area contributed by atoms with E-state index in [0.717, 1.165) is 19.3 Å². The average Bonchev–Trinajstić information content (AvgIpc) is 2.70. The Hall–Kier alpha value is -0.990. The Morgan fingerprint density at radius 3 is 2.10 bits per heavy atom. The molecule has 30 heavy (non-hydrogen) atoms. The molecule has 0 radical (unpaired) electrons. The normalized spacial score (nSPS) is 14.1. The van der Waals surface area contributed by atoms with Crippen LogP contribution in [0.5, 0.6) is 0 Å². The van der Waals surface area contributed by atoms with Gasteiger partial charge < -0.3 is 20.1 Å². The van der Waals surface area contributed by atoms with Crippen LogP contribution >= 0.6 is 7.82 Å². The van der Waals surface area contributed by atoms with Gasteiger partial charge in [-0.1, -0.05) is 58.8 Å². The monoisotopic (exact) mass is 453 g/mol. The summed E-state index contributed by atoms with van der Waals surface area (Å²) < 4.78 is 31.6. The van der Waals surface area contributed by atoms with Gasteiger partial charge in [-0.3, -0.25) is 18.6 Å². The Morgan fingerprint density at radius 2 is 1.50 bits per heavy atom. The number of unbranched alkanes of at least 4 members (excludes halogenated alkanes) is 7. The van der Waals surface area contributed by atoms with Crippen molar-refractivity contribution < 1.29 is 37.6 Å². The van der Waals surface area contributed by atoms with Gasteiger partial charge in [0.2, 0.25) is 0 Å². The highest BCUT2D eigenvalue weighted by Gasteiger charge is 2.25. The Bertz CT molecular complexity index is 503. The number of esters is 2. The highest BCUT2D eigenvalue weighted by atomic mass is 31.2. The second-order valence-electron chi connectivity index (χ2n) is 7.16. The third-order valence-corrected chi connectivity index (χ3v) is 5.20. The fourth-order valence-corrected chi connectivity index (χ4v) is 3.37. The molecule has 3 N–H and O–H groups in total. The Morgan fingerprint density at radius 1 is 0.867 bits per heavy atom. The summed E-state index contributed by atoms with van der Waals surface area (Å²) in [6.45, 7) is 3.24. The van der Waals surface area contributed by atoms with Gasteiger partial charge in [0.1, 0.15) is 6.61 Å². The number of ether oxygens (including phenoxy) is 2. The van der Waals surface area contributed by atoms with Crippen molar-refractivity contribution in [2.75, 3.05) is 26.4 Å².